The highest BCUT2D eigenvalue weighted by molar-refractivity contribution is 7.89. The van der Waals surface area contributed by atoms with E-state index in [1.54, 1.807) is 6.07 Å². The minimum atomic E-state index is -3.50. The topological polar surface area (TPSA) is 69.4 Å². The number of ether oxygens (including phenoxy) is 1. The van der Waals surface area contributed by atoms with Crippen LogP contribution < -0.4 is 9.88 Å². The first-order chi connectivity index (χ1) is 7.90. The molecule has 0 radical (unpaired) electrons. The maximum absolute atomic E-state index is 12.8. The molecule has 1 aromatic carbocycles. The lowest BCUT2D eigenvalue weighted by molar-refractivity contribution is 0.256. The fraction of sp³-hybridized carbons (Fsp3) is 0.455. The molecule has 4 nitrogen and oxygen atoms in total. The number of benzene rings is 1. The van der Waals surface area contributed by atoms with Crippen LogP contribution in [0.25, 0.3) is 0 Å². The molecular weight excluding hydrogens is 245 g/mol. The molecular formula is C11H16FNO3S. The van der Waals surface area contributed by atoms with Gasteiger partial charge in [0.2, 0.25) is 10.0 Å². The molecule has 1 aromatic rings. The first-order valence-electron chi connectivity index (χ1n) is 5.29. The Morgan fingerprint density at radius 1 is 1.47 bits per heavy atom. The van der Waals surface area contributed by atoms with Gasteiger partial charge in [-0.25, -0.2) is 17.9 Å². The highest BCUT2D eigenvalue weighted by atomic mass is 32.2. The number of nitrogens with two attached hydrogens (primary N) is 1. The lowest BCUT2D eigenvalue weighted by Crippen LogP contribution is -2.26. The number of primary sulfonamides is 1. The Bertz CT molecular complexity index is 462. The Balaban J connectivity index is 2.53. The molecule has 1 atom stereocenters. The molecule has 0 saturated heterocycles. The SMILES string of the molecule is CCC(COc1cccc(F)c1)CS(N)(=O)=O. The minimum absolute atomic E-state index is 0.126. The molecule has 0 heterocycles. The van der Waals surface area contributed by atoms with Gasteiger partial charge in [-0.2, -0.15) is 0 Å². The molecule has 1 unspecified atom stereocenters. The van der Waals surface area contributed by atoms with Crippen LogP contribution in [0.5, 0.6) is 5.75 Å². The number of halogens is 1. The molecule has 0 amide bonds. The lowest BCUT2D eigenvalue weighted by atomic mass is 10.1. The number of rotatable bonds is 6. The summed E-state index contributed by atoms with van der Waals surface area (Å²) in [6.45, 7) is 2.06. The second-order valence-corrected chi connectivity index (χ2v) is 5.53. The van der Waals surface area contributed by atoms with E-state index in [9.17, 15) is 12.8 Å². The van der Waals surface area contributed by atoms with E-state index in [4.69, 9.17) is 9.88 Å². The van der Waals surface area contributed by atoms with Gasteiger partial charge < -0.3 is 4.74 Å². The van der Waals surface area contributed by atoms with Crippen molar-refractivity contribution < 1.29 is 17.5 Å². The van der Waals surface area contributed by atoms with E-state index in [0.29, 0.717) is 12.2 Å². The smallest absolute Gasteiger partial charge is 0.209 e. The van der Waals surface area contributed by atoms with Crippen LogP contribution in [0.15, 0.2) is 24.3 Å². The molecule has 0 spiro atoms. The largest absolute Gasteiger partial charge is 0.493 e. The number of sulfonamides is 1. The molecule has 0 fully saturated rings. The van der Waals surface area contributed by atoms with Gasteiger partial charge in [0.1, 0.15) is 11.6 Å². The van der Waals surface area contributed by atoms with Gasteiger partial charge in [0.25, 0.3) is 0 Å². The number of hydrogen-bond donors (Lipinski definition) is 1. The van der Waals surface area contributed by atoms with Gasteiger partial charge in [0, 0.05) is 12.0 Å². The Morgan fingerprint density at radius 3 is 2.71 bits per heavy atom. The Morgan fingerprint density at radius 2 is 2.18 bits per heavy atom. The molecule has 1 rings (SSSR count). The first-order valence-corrected chi connectivity index (χ1v) is 7.01. The summed E-state index contributed by atoms with van der Waals surface area (Å²) in [4.78, 5) is 0. The zero-order valence-electron chi connectivity index (χ0n) is 9.60. The highest BCUT2D eigenvalue weighted by Crippen LogP contribution is 2.14. The molecule has 96 valence electrons. The average molecular weight is 261 g/mol. The Labute approximate surface area is 101 Å². The van der Waals surface area contributed by atoms with Crippen molar-refractivity contribution in [3.8, 4) is 5.75 Å². The average Bonchev–Trinajstić information content (AvgIpc) is 2.23. The quantitative estimate of drug-likeness (QED) is 0.844. The van der Waals surface area contributed by atoms with Crippen LogP contribution in [0.3, 0.4) is 0 Å². The van der Waals surface area contributed by atoms with Crippen LogP contribution in [0.1, 0.15) is 13.3 Å². The van der Waals surface area contributed by atoms with Crippen LogP contribution in [0, 0.1) is 11.7 Å². The third-order valence-electron chi connectivity index (χ3n) is 2.33. The summed E-state index contributed by atoms with van der Waals surface area (Å²) < 4.78 is 40.0. The van der Waals surface area contributed by atoms with E-state index in [1.165, 1.54) is 18.2 Å². The summed E-state index contributed by atoms with van der Waals surface area (Å²) in [6.07, 6.45) is 0.631. The summed E-state index contributed by atoms with van der Waals surface area (Å²) in [6, 6.07) is 5.72. The van der Waals surface area contributed by atoms with Crippen molar-refractivity contribution in [3.63, 3.8) is 0 Å². The predicted molar refractivity (Wildman–Crippen MR) is 63.7 cm³/mol. The molecule has 0 bridgehead atoms. The van der Waals surface area contributed by atoms with Crippen molar-refractivity contribution in [3.05, 3.63) is 30.1 Å². The summed E-state index contributed by atoms with van der Waals surface area (Å²) in [5.74, 6) is -0.313. The normalized spacial score (nSPS) is 13.4. The second kappa shape index (κ2) is 5.97. The zero-order valence-corrected chi connectivity index (χ0v) is 10.4. The van der Waals surface area contributed by atoms with Gasteiger partial charge >= 0.3 is 0 Å². The molecule has 0 aliphatic carbocycles. The van der Waals surface area contributed by atoms with Crippen molar-refractivity contribution in [2.45, 2.75) is 13.3 Å². The Hall–Kier alpha value is -1.14. The third-order valence-corrected chi connectivity index (χ3v) is 3.26. The maximum Gasteiger partial charge on any atom is 0.209 e. The van der Waals surface area contributed by atoms with Gasteiger partial charge in [-0.3, -0.25) is 0 Å². The summed E-state index contributed by atoms with van der Waals surface area (Å²) in [5.41, 5.74) is 0. The molecule has 0 saturated carbocycles. The lowest BCUT2D eigenvalue weighted by Gasteiger charge is -2.14. The van der Waals surface area contributed by atoms with Crippen molar-refractivity contribution in [2.24, 2.45) is 11.1 Å². The van der Waals surface area contributed by atoms with E-state index in [-0.39, 0.29) is 24.1 Å². The summed E-state index contributed by atoms with van der Waals surface area (Å²) in [5, 5.41) is 4.96. The molecule has 17 heavy (non-hydrogen) atoms. The molecule has 6 heteroatoms. The predicted octanol–water partition coefficient (Wildman–Crippen LogP) is 1.52. The van der Waals surface area contributed by atoms with E-state index < -0.39 is 10.0 Å². The van der Waals surface area contributed by atoms with Crippen molar-refractivity contribution in [1.82, 2.24) is 0 Å². The van der Waals surface area contributed by atoms with Gasteiger partial charge in [-0.05, 0) is 18.6 Å². The van der Waals surface area contributed by atoms with Gasteiger partial charge in [0.15, 0.2) is 0 Å². The number of hydrogen-bond acceptors (Lipinski definition) is 3. The van der Waals surface area contributed by atoms with Crippen molar-refractivity contribution in [1.29, 1.82) is 0 Å². The fourth-order valence-electron chi connectivity index (χ4n) is 1.38. The third kappa shape index (κ3) is 5.65. The minimum Gasteiger partial charge on any atom is -0.493 e. The monoisotopic (exact) mass is 261 g/mol. The van der Waals surface area contributed by atoms with E-state index >= 15 is 0 Å². The maximum atomic E-state index is 12.8. The van der Waals surface area contributed by atoms with E-state index in [1.807, 2.05) is 6.92 Å². The van der Waals surface area contributed by atoms with Gasteiger partial charge in [-0.15, -0.1) is 0 Å². The molecule has 0 aliphatic rings. The standard InChI is InChI=1S/C11H16FNO3S/c1-2-9(8-17(13,14)15)7-16-11-5-3-4-10(12)6-11/h3-6,9H,2,7-8H2,1H3,(H2,13,14,15). The van der Waals surface area contributed by atoms with Crippen LogP contribution in [-0.4, -0.2) is 20.8 Å². The summed E-state index contributed by atoms with van der Waals surface area (Å²) >= 11 is 0. The van der Waals surface area contributed by atoms with Crippen LogP contribution in [0.2, 0.25) is 0 Å². The molecule has 0 aromatic heterocycles. The molecule has 2 N–H and O–H groups in total. The Kier molecular flexibility index (Phi) is 4.89. The first kappa shape index (κ1) is 13.9. The van der Waals surface area contributed by atoms with Crippen molar-refractivity contribution in [2.75, 3.05) is 12.4 Å². The zero-order chi connectivity index (χ0) is 12.9. The van der Waals surface area contributed by atoms with Crippen LogP contribution in [-0.2, 0) is 10.0 Å². The molecule has 0 aliphatic heterocycles. The van der Waals surface area contributed by atoms with Crippen LogP contribution >= 0.6 is 0 Å². The van der Waals surface area contributed by atoms with Crippen LogP contribution in [0.4, 0.5) is 4.39 Å². The van der Waals surface area contributed by atoms with E-state index in [0.717, 1.165) is 0 Å². The van der Waals surface area contributed by atoms with Crippen molar-refractivity contribution >= 4 is 10.0 Å². The fourth-order valence-corrected chi connectivity index (χ4v) is 2.37. The second-order valence-electron chi connectivity index (χ2n) is 3.87. The van der Waals surface area contributed by atoms with Gasteiger partial charge in [0.05, 0.1) is 12.4 Å². The van der Waals surface area contributed by atoms with Gasteiger partial charge in [-0.1, -0.05) is 13.0 Å². The summed E-state index contributed by atoms with van der Waals surface area (Å²) in [7, 11) is -3.50. The van der Waals surface area contributed by atoms with E-state index in [2.05, 4.69) is 0 Å². The highest BCUT2D eigenvalue weighted by Gasteiger charge is 2.14.